The minimum Gasteiger partial charge on any atom is -0.496 e. The number of morpholine rings is 1. The average molecular weight is 435 g/mol. The lowest BCUT2D eigenvalue weighted by Crippen LogP contribution is -2.40. The number of nitrogens with zero attached hydrogens (tertiary/aromatic N) is 3. The van der Waals surface area contributed by atoms with Crippen LogP contribution < -0.4 is 15.0 Å². The van der Waals surface area contributed by atoms with Crippen LogP contribution in [0.25, 0.3) is 0 Å². The van der Waals surface area contributed by atoms with Gasteiger partial charge in [-0.05, 0) is 29.8 Å². The van der Waals surface area contributed by atoms with Gasteiger partial charge in [-0.1, -0.05) is 6.07 Å². The van der Waals surface area contributed by atoms with Crippen LogP contribution in [-0.4, -0.2) is 71.1 Å². The summed E-state index contributed by atoms with van der Waals surface area (Å²) in [5.74, 6) is 0.685. The number of ether oxygens (including phenoxy) is 2. The van der Waals surface area contributed by atoms with E-state index >= 15 is 0 Å². The summed E-state index contributed by atoms with van der Waals surface area (Å²) in [6, 6.07) is 8.03. The number of hydrogen-bond acceptors (Lipinski definition) is 7. The molecule has 1 aliphatic heterocycles. The van der Waals surface area contributed by atoms with E-state index < -0.39 is 15.9 Å². The average Bonchev–Trinajstić information content (AvgIpc) is 2.77. The lowest BCUT2D eigenvalue weighted by molar-refractivity contribution is 0.0730. The largest absolute Gasteiger partial charge is 0.496 e. The molecule has 10 heteroatoms. The molecule has 1 aliphatic rings. The summed E-state index contributed by atoms with van der Waals surface area (Å²) in [7, 11) is 1.51. The molecule has 1 aromatic carbocycles. The van der Waals surface area contributed by atoms with E-state index in [-0.39, 0.29) is 30.1 Å². The molecule has 2 aromatic rings. The minimum atomic E-state index is -3.72. The molecule has 9 nitrogen and oxygen atoms in total. The molecule has 30 heavy (non-hydrogen) atoms. The van der Waals surface area contributed by atoms with Gasteiger partial charge in [-0.15, -0.1) is 0 Å². The maximum Gasteiger partial charge on any atom is 0.255 e. The molecule has 1 amide bonds. The number of amides is 1. The fourth-order valence-electron chi connectivity index (χ4n) is 3.02. The van der Waals surface area contributed by atoms with Gasteiger partial charge in [0, 0.05) is 39.9 Å². The summed E-state index contributed by atoms with van der Waals surface area (Å²) in [4.78, 5) is 19.0. The summed E-state index contributed by atoms with van der Waals surface area (Å²) in [6.07, 6.45) is 1.69. The monoisotopic (exact) mass is 434 g/mol. The Labute approximate surface area is 176 Å². The minimum absolute atomic E-state index is 0.0485. The van der Waals surface area contributed by atoms with Crippen molar-refractivity contribution in [2.45, 2.75) is 11.4 Å². The zero-order valence-corrected chi connectivity index (χ0v) is 18.1. The van der Waals surface area contributed by atoms with E-state index in [4.69, 9.17) is 9.47 Å². The fourth-order valence-corrected chi connectivity index (χ4v) is 4.46. The third-order valence-corrected chi connectivity index (χ3v) is 6.64. The first-order valence-electron chi connectivity index (χ1n) is 9.49. The fraction of sp³-hybridized carbons (Fsp3) is 0.400. The first kappa shape index (κ1) is 22.0. The highest BCUT2D eigenvalue weighted by atomic mass is 32.2. The molecular weight excluding hydrogens is 408 g/mol. The Kier molecular flexibility index (Phi) is 6.91. The van der Waals surface area contributed by atoms with Crippen LogP contribution in [0.15, 0.2) is 41.4 Å². The van der Waals surface area contributed by atoms with E-state index in [1.807, 2.05) is 31.1 Å². The van der Waals surface area contributed by atoms with Gasteiger partial charge < -0.3 is 19.7 Å². The van der Waals surface area contributed by atoms with E-state index in [9.17, 15) is 13.2 Å². The van der Waals surface area contributed by atoms with Crippen LogP contribution in [0, 0.1) is 0 Å². The van der Waals surface area contributed by atoms with Crippen LogP contribution in [0.1, 0.15) is 15.9 Å². The van der Waals surface area contributed by atoms with Crippen molar-refractivity contribution in [3.05, 3.63) is 47.7 Å². The summed E-state index contributed by atoms with van der Waals surface area (Å²) >= 11 is 0. The van der Waals surface area contributed by atoms with Gasteiger partial charge >= 0.3 is 0 Å². The summed E-state index contributed by atoms with van der Waals surface area (Å²) in [5.41, 5.74) is 0.981. The number of methoxy groups -OCH3 is 1. The molecule has 1 aromatic heterocycles. The smallest absolute Gasteiger partial charge is 0.255 e. The van der Waals surface area contributed by atoms with Crippen molar-refractivity contribution in [2.24, 2.45) is 0 Å². The second-order valence-electron chi connectivity index (χ2n) is 6.98. The number of rotatable bonds is 7. The zero-order valence-electron chi connectivity index (χ0n) is 17.3. The zero-order chi connectivity index (χ0) is 21.7. The first-order valence-corrected chi connectivity index (χ1v) is 10.9. The van der Waals surface area contributed by atoms with Crippen LogP contribution in [0.5, 0.6) is 5.75 Å². The molecule has 162 valence electrons. The van der Waals surface area contributed by atoms with Crippen LogP contribution in [0.2, 0.25) is 0 Å². The van der Waals surface area contributed by atoms with Crippen molar-refractivity contribution in [2.75, 3.05) is 52.4 Å². The van der Waals surface area contributed by atoms with Crippen LogP contribution >= 0.6 is 0 Å². The van der Waals surface area contributed by atoms with Crippen LogP contribution in [-0.2, 0) is 21.3 Å². The Hall–Kier alpha value is -2.69. The molecule has 0 atom stereocenters. The van der Waals surface area contributed by atoms with E-state index in [0.29, 0.717) is 19.0 Å². The van der Waals surface area contributed by atoms with Crippen molar-refractivity contribution in [3.8, 4) is 5.75 Å². The molecule has 1 saturated heterocycles. The van der Waals surface area contributed by atoms with E-state index in [1.165, 1.54) is 29.6 Å². The highest BCUT2D eigenvalue weighted by Crippen LogP contribution is 2.25. The highest BCUT2D eigenvalue weighted by Gasteiger charge is 2.28. The number of pyridine rings is 1. The molecule has 1 fully saturated rings. The Bertz CT molecular complexity index is 987. The van der Waals surface area contributed by atoms with Gasteiger partial charge in [0.05, 0.1) is 30.8 Å². The van der Waals surface area contributed by atoms with E-state index in [1.54, 1.807) is 6.20 Å². The topological polar surface area (TPSA) is 101 Å². The number of nitrogens with one attached hydrogen (secondary N) is 1. The Morgan fingerprint density at radius 3 is 2.57 bits per heavy atom. The molecule has 0 aliphatic carbocycles. The number of aromatic nitrogens is 1. The maximum absolute atomic E-state index is 12.9. The van der Waals surface area contributed by atoms with Gasteiger partial charge in [0.1, 0.15) is 11.6 Å². The molecule has 1 N–H and O–H groups in total. The summed E-state index contributed by atoms with van der Waals surface area (Å²) in [6.45, 7) is 1.52. The van der Waals surface area contributed by atoms with E-state index in [0.717, 1.165) is 11.4 Å². The lowest BCUT2D eigenvalue weighted by Gasteiger charge is -2.26. The molecule has 3 rings (SSSR count). The number of carbonyl (C=O) groups excluding carboxylic acids is 1. The number of hydrogen-bond donors (Lipinski definition) is 1. The SMILES string of the molecule is COc1ccc(S(=O)(=O)N2CCOCC2)cc1C(=O)NCc1ccc(N(C)C)nc1. The lowest BCUT2D eigenvalue weighted by atomic mass is 10.2. The maximum atomic E-state index is 12.9. The van der Waals surface area contributed by atoms with Gasteiger partial charge in [0.25, 0.3) is 5.91 Å². The second-order valence-corrected chi connectivity index (χ2v) is 8.92. The standard InChI is InChI=1S/C20H26N4O5S/c1-23(2)19-7-4-15(13-21-19)14-22-20(25)17-12-16(5-6-18(17)28-3)30(26,27)24-8-10-29-11-9-24/h4-7,12-13H,8-11,14H2,1-3H3,(H,22,25). The summed E-state index contributed by atoms with van der Waals surface area (Å²) in [5, 5.41) is 2.80. The number of sulfonamides is 1. The molecule has 2 heterocycles. The van der Waals surface area contributed by atoms with Gasteiger partial charge in [-0.2, -0.15) is 4.31 Å². The molecular formula is C20H26N4O5S. The predicted molar refractivity (Wildman–Crippen MR) is 112 cm³/mol. The van der Waals surface area contributed by atoms with Crippen LogP contribution in [0.3, 0.4) is 0 Å². The van der Waals surface area contributed by atoms with Crippen molar-refractivity contribution >= 4 is 21.7 Å². The quantitative estimate of drug-likeness (QED) is 0.697. The number of benzene rings is 1. The van der Waals surface area contributed by atoms with Crippen molar-refractivity contribution in [3.63, 3.8) is 0 Å². The molecule has 0 bridgehead atoms. The van der Waals surface area contributed by atoms with Crippen molar-refractivity contribution in [1.82, 2.24) is 14.6 Å². The van der Waals surface area contributed by atoms with Crippen molar-refractivity contribution < 1.29 is 22.7 Å². The third kappa shape index (κ3) is 4.89. The predicted octanol–water partition coefficient (Wildman–Crippen LogP) is 1.11. The van der Waals surface area contributed by atoms with Gasteiger partial charge in [-0.25, -0.2) is 13.4 Å². The van der Waals surface area contributed by atoms with Gasteiger partial charge in [0.15, 0.2) is 0 Å². The highest BCUT2D eigenvalue weighted by molar-refractivity contribution is 7.89. The third-order valence-electron chi connectivity index (χ3n) is 4.74. The number of carbonyl (C=O) groups is 1. The molecule has 0 saturated carbocycles. The van der Waals surface area contributed by atoms with Crippen LogP contribution in [0.4, 0.5) is 5.82 Å². The Balaban J connectivity index is 1.78. The Morgan fingerprint density at radius 2 is 1.97 bits per heavy atom. The van der Waals surface area contributed by atoms with Crippen molar-refractivity contribution in [1.29, 1.82) is 0 Å². The molecule has 0 spiro atoms. The normalized spacial score (nSPS) is 14.9. The van der Waals surface area contributed by atoms with Gasteiger partial charge in [0.2, 0.25) is 10.0 Å². The number of anilines is 1. The second kappa shape index (κ2) is 9.41. The van der Waals surface area contributed by atoms with Gasteiger partial charge in [-0.3, -0.25) is 4.79 Å². The summed E-state index contributed by atoms with van der Waals surface area (Å²) < 4.78 is 37.7. The van der Waals surface area contributed by atoms with E-state index in [2.05, 4.69) is 10.3 Å². The molecule has 0 radical (unpaired) electrons. The molecule has 0 unspecified atom stereocenters. The first-order chi connectivity index (χ1) is 14.3. The Morgan fingerprint density at radius 1 is 1.23 bits per heavy atom.